The Hall–Kier alpha value is -1.65. The lowest BCUT2D eigenvalue weighted by Crippen LogP contribution is -2.34. The van der Waals surface area contributed by atoms with E-state index in [4.69, 9.17) is 4.42 Å². The van der Waals surface area contributed by atoms with E-state index in [-0.39, 0.29) is 5.78 Å². The average molecular weight is 286 g/mol. The Labute approximate surface area is 125 Å². The van der Waals surface area contributed by atoms with Crippen molar-refractivity contribution in [1.29, 1.82) is 0 Å². The molecule has 1 aliphatic rings. The predicted octanol–water partition coefficient (Wildman–Crippen LogP) is 2.64. The van der Waals surface area contributed by atoms with Crippen molar-refractivity contribution in [3.8, 4) is 0 Å². The number of carbonyl (C=O) groups excluding carboxylic acids is 1. The molecule has 4 nitrogen and oxygen atoms in total. The fraction of sp³-hybridized carbons (Fsp3) is 0.471. The Kier molecular flexibility index (Phi) is 4.36. The normalized spacial score (nSPS) is 16.1. The molecule has 112 valence electrons. The predicted molar refractivity (Wildman–Crippen MR) is 83.7 cm³/mol. The molecule has 2 heterocycles. The van der Waals surface area contributed by atoms with Crippen molar-refractivity contribution in [1.82, 2.24) is 9.80 Å². The molecule has 4 heteroatoms. The lowest BCUT2D eigenvalue weighted by atomic mass is 10.1. The van der Waals surface area contributed by atoms with Gasteiger partial charge in [-0.05, 0) is 39.0 Å². The molecule has 0 spiro atoms. The number of nitrogens with zero attached hydrogens (tertiary/aromatic N) is 2. The van der Waals surface area contributed by atoms with Gasteiger partial charge in [-0.2, -0.15) is 0 Å². The zero-order valence-electron chi connectivity index (χ0n) is 12.5. The molecule has 2 aromatic rings. The average Bonchev–Trinajstić information content (AvgIpc) is 3.14. The summed E-state index contributed by atoms with van der Waals surface area (Å²) in [6.07, 6.45) is 4.20. The molecule has 21 heavy (non-hydrogen) atoms. The first-order chi connectivity index (χ1) is 10.2. The highest BCUT2D eigenvalue weighted by Crippen LogP contribution is 2.21. The van der Waals surface area contributed by atoms with Crippen LogP contribution in [0.1, 0.15) is 23.2 Å². The van der Waals surface area contributed by atoms with Crippen LogP contribution in [0.2, 0.25) is 0 Å². The van der Waals surface area contributed by atoms with Crippen molar-refractivity contribution in [2.75, 3.05) is 39.8 Å². The molecular formula is C17H22N2O2. The SMILES string of the molecule is CN(CCN1CCCC1)CC(=O)c1coc2ccccc12. The number of likely N-dealkylation sites (tertiary alicyclic amines) is 1. The number of likely N-dealkylation sites (N-methyl/N-ethyl adjacent to an activating group) is 1. The number of carbonyl (C=O) groups is 1. The number of furan rings is 1. The van der Waals surface area contributed by atoms with E-state index in [1.165, 1.54) is 25.9 Å². The summed E-state index contributed by atoms with van der Waals surface area (Å²) in [6.45, 7) is 4.83. The van der Waals surface area contributed by atoms with Gasteiger partial charge in [0.1, 0.15) is 11.8 Å². The Bertz CT molecular complexity index is 614. The first-order valence-corrected chi connectivity index (χ1v) is 7.64. The van der Waals surface area contributed by atoms with Gasteiger partial charge in [0.25, 0.3) is 0 Å². The molecular weight excluding hydrogens is 264 g/mol. The topological polar surface area (TPSA) is 36.7 Å². The third kappa shape index (κ3) is 3.34. The summed E-state index contributed by atoms with van der Waals surface area (Å²) in [5.41, 5.74) is 1.47. The summed E-state index contributed by atoms with van der Waals surface area (Å²) in [5, 5.41) is 0.912. The van der Waals surface area contributed by atoms with E-state index < -0.39 is 0 Å². The standard InChI is InChI=1S/C17H22N2O2/c1-18(10-11-19-8-4-5-9-19)12-16(20)15-13-21-17-7-3-2-6-14(15)17/h2-3,6-7,13H,4-5,8-12H2,1H3. The van der Waals surface area contributed by atoms with E-state index in [9.17, 15) is 4.79 Å². The summed E-state index contributed by atoms with van der Waals surface area (Å²) >= 11 is 0. The van der Waals surface area contributed by atoms with Gasteiger partial charge in [0.15, 0.2) is 5.78 Å². The second-order valence-electron chi connectivity index (χ2n) is 5.86. The minimum Gasteiger partial charge on any atom is -0.464 e. The Morgan fingerprint density at radius 3 is 2.86 bits per heavy atom. The summed E-state index contributed by atoms with van der Waals surface area (Å²) in [7, 11) is 2.01. The molecule has 1 aromatic carbocycles. The molecule has 0 amide bonds. The van der Waals surface area contributed by atoms with Crippen molar-refractivity contribution >= 4 is 16.8 Å². The molecule has 1 saturated heterocycles. The van der Waals surface area contributed by atoms with Crippen molar-refractivity contribution in [3.05, 3.63) is 36.1 Å². The second-order valence-corrected chi connectivity index (χ2v) is 5.86. The zero-order valence-corrected chi connectivity index (χ0v) is 12.5. The third-order valence-corrected chi connectivity index (χ3v) is 4.19. The van der Waals surface area contributed by atoms with Crippen LogP contribution in [0.15, 0.2) is 34.9 Å². The lowest BCUT2D eigenvalue weighted by molar-refractivity contribution is 0.0942. The molecule has 0 bridgehead atoms. The maximum Gasteiger partial charge on any atom is 0.180 e. The van der Waals surface area contributed by atoms with Gasteiger partial charge < -0.3 is 9.32 Å². The van der Waals surface area contributed by atoms with Crippen molar-refractivity contribution in [2.24, 2.45) is 0 Å². The summed E-state index contributed by atoms with van der Waals surface area (Å²) in [6, 6.07) is 7.69. The van der Waals surface area contributed by atoms with Gasteiger partial charge in [-0.25, -0.2) is 0 Å². The summed E-state index contributed by atoms with van der Waals surface area (Å²) in [4.78, 5) is 17.0. The van der Waals surface area contributed by atoms with E-state index in [1.807, 2.05) is 31.3 Å². The van der Waals surface area contributed by atoms with Crippen molar-refractivity contribution < 1.29 is 9.21 Å². The third-order valence-electron chi connectivity index (χ3n) is 4.19. The van der Waals surface area contributed by atoms with E-state index >= 15 is 0 Å². The smallest absolute Gasteiger partial charge is 0.180 e. The first kappa shape index (κ1) is 14.3. The first-order valence-electron chi connectivity index (χ1n) is 7.64. The highest BCUT2D eigenvalue weighted by Gasteiger charge is 2.16. The van der Waals surface area contributed by atoms with Crippen LogP contribution in [0, 0.1) is 0 Å². The quantitative estimate of drug-likeness (QED) is 0.765. The Balaban J connectivity index is 1.57. The fourth-order valence-electron chi connectivity index (χ4n) is 2.92. The van der Waals surface area contributed by atoms with Crippen molar-refractivity contribution in [3.63, 3.8) is 0 Å². The van der Waals surface area contributed by atoms with Gasteiger partial charge in [0.2, 0.25) is 0 Å². The Morgan fingerprint density at radius 2 is 2.05 bits per heavy atom. The highest BCUT2D eigenvalue weighted by molar-refractivity contribution is 6.08. The van der Waals surface area contributed by atoms with Crippen molar-refractivity contribution in [2.45, 2.75) is 12.8 Å². The number of rotatable bonds is 6. The molecule has 3 rings (SSSR count). The van der Waals surface area contributed by atoms with Crippen LogP contribution in [0.5, 0.6) is 0 Å². The van der Waals surface area contributed by atoms with Gasteiger partial charge in [-0.15, -0.1) is 0 Å². The van der Waals surface area contributed by atoms with Crippen LogP contribution >= 0.6 is 0 Å². The summed E-state index contributed by atoms with van der Waals surface area (Å²) < 4.78 is 5.45. The monoisotopic (exact) mass is 286 g/mol. The number of hydrogen-bond donors (Lipinski definition) is 0. The van der Waals surface area contributed by atoms with Crippen LogP contribution in [-0.4, -0.2) is 55.4 Å². The maximum atomic E-state index is 12.4. The van der Waals surface area contributed by atoms with Crippen LogP contribution in [0.4, 0.5) is 0 Å². The number of para-hydroxylation sites is 1. The van der Waals surface area contributed by atoms with E-state index in [0.717, 1.165) is 24.1 Å². The van der Waals surface area contributed by atoms with E-state index in [0.29, 0.717) is 12.1 Å². The van der Waals surface area contributed by atoms with E-state index in [2.05, 4.69) is 9.80 Å². The molecule has 0 saturated carbocycles. The fourth-order valence-corrected chi connectivity index (χ4v) is 2.92. The molecule has 0 aliphatic carbocycles. The van der Waals surface area contributed by atoms with Crippen LogP contribution < -0.4 is 0 Å². The number of Topliss-reactive ketones (excluding diaryl/α,β-unsaturated/α-hetero) is 1. The molecule has 1 fully saturated rings. The molecule has 0 radical (unpaired) electrons. The molecule has 0 N–H and O–H groups in total. The minimum atomic E-state index is 0.129. The largest absolute Gasteiger partial charge is 0.464 e. The molecule has 0 unspecified atom stereocenters. The molecule has 1 aromatic heterocycles. The van der Waals surface area contributed by atoms with Crippen LogP contribution in [0.3, 0.4) is 0 Å². The van der Waals surface area contributed by atoms with Gasteiger partial charge in [-0.3, -0.25) is 9.69 Å². The Morgan fingerprint density at radius 1 is 1.29 bits per heavy atom. The second kappa shape index (κ2) is 6.41. The van der Waals surface area contributed by atoms with Gasteiger partial charge in [0, 0.05) is 18.5 Å². The van der Waals surface area contributed by atoms with Gasteiger partial charge in [0.05, 0.1) is 12.1 Å². The number of benzene rings is 1. The number of fused-ring (bicyclic) bond motifs is 1. The van der Waals surface area contributed by atoms with Crippen LogP contribution in [0.25, 0.3) is 11.0 Å². The minimum absolute atomic E-state index is 0.129. The van der Waals surface area contributed by atoms with E-state index in [1.54, 1.807) is 6.26 Å². The van der Waals surface area contributed by atoms with Gasteiger partial charge in [-0.1, -0.05) is 18.2 Å². The molecule has 0 atom stereocenters. The van der Waals surface area contributed by atoms with Crippen LogP contribution in [-0.2, 0) is 0 Å². The maximum absolute atomic E-state index is 12.4. The number of ketones is 1. The summed E-state index contributed by atoms with van der Waals surface area (Å²) in [5.74, 6) is 0.129. The lowest BCUT2D eigenvalue weighted by Gasteiger charge is -2.20. The highest BCUT2D eigenvalue weighted by atomic mass is 16.3. The number of hydrogen-bond acceptors (Lipinski definition) is 4. The van der Waals surface area contributed by atoms with Gasteiger partial charge >= 0.3 is 0 Å². The molecule has 1 aliphatic heterocycles. The zero-order chi connectivity index (χ0) is 14.7.